The number of fused-ring (bicyclic) bond motifs is 1. The number of thiazole rings is 1. The average Bonchev–Trinajstić information content (AvgIpc) is 3.47. The van der Waals surface area contributed by atoms with E-state index in [1.165, 1.54) is 34.3 Å². The molecular formula is C22H20N4O4S2. The Balaban J connectivity index is 1.50. The van der Waals surface area contributed by atoms with Crippen molar-refractivity contribution < 1.29 is 18.7 Å². The maximum absolute atomic E-state index is 12.8. The summed E-state index contributed by atoms with van der Waals surface area (Å²) in [5.74, 6) is -0.103. The lowest BCUT2D eigenvalue weighted by Crippen LogP contribution is -2.34. The van der Waals surface area contributed by atoms with Gasteiger partial charge in [-0.05, 0) is 44.4 Å². The van der Waals surface area contributed by atoms with Crippen LogP contribution in [0.15, 0.2) is 52.1 Å². The van der Waals surface area contributed by atoms with Gasteiger partial charge in [-0.15, -0.1) is 11.8 Å². The minimum atomic E-state index is -0.647. The van der Waals surface area contributed by atoms with Crippen LogP contribution in [0.3, 0.4) is 0 Å². The predicted molar refractivity (Wildman–Crippen MR) is 124 cm³/mol. The number of hydrogen-bond donors (Lipinski definition) is 0. The Bertz CT molecular complexity index is 1240. The lowest BCUT2D eigenvalue weighted by atomic mass is 10.2. The molecule has 0 saturated heterocycles. The van der Waals surface area contributed by atoms with Gasteiger partial charge in [0, 0.05) is 6.54 Å². The number of para-hydroxylation sites is 1. The molecule has 0 aliphatic carbocycles. The van der Waals surface area contributed by atoms with Crippen LogP contribution in [0.4, 0.5) is 5.13 Å². The number of likely N-dealkylation sites (N-methyl/N-ethyl adjacent to an activating group) is 1. The summed E-state index contributed by atoms with van der Waals surface area (Å²) in [6, 6.07) is 11.2. The van der Waals surface area contributed by atoms with Gasteiger partial charge in [0.15, 0.2) is 23.3 Å². The van der Waals surface area contributed by atoms with E-state index in [4.69, 9.17) is 9.15 Å². The van der Waals surface area contributed by atoms with Gasteiger partial charge in [0.05, 0.1) is 22.2 Å². The molecule has 32 heavy (non-hydrogen) atoms. The highest BCUT2D eigenvalue weighted by molar-refractivity contribution is 7.98. The van der Waals surface area contributed by atoms with Crippen LogP contribution in [0.25, 0.3) is 21.8 Å². The third kappa shape index (κ3) is 4.37. The van der Waals surface area contributed by atoms with Crippen molar-refractivity contribution >= 4 is 50.3 Å². The molecule has 1 aromatic carbocycles. The van der Waals surface area contributed by atoms with Crippen LogP contribution in [0.5, 0.6) is 0 Å². The molecule has 1 amide bonds. The number of anilines is 1. The van der Waals surface area contributed by atoms with Crippen LogP contribution in [0.1, 0.15) is 23.0 Å². The fourth-order valence-electron chi connectivity index (χ4n) is 3.12. The molecule has 3 aromatic heterocycles. The molecular weight excluding hydrogens is 448 g/mol. The van der Waals surface area contributed by atoms with Gasteiger partial charge in [-0.2, -0.15) is 0 Å². The van der Waals surface area contributed by atoms with Crippen molar-refractivity contribution in [2.45, 2.75) is 18.9 Å². The van der Waals surface area contributed by atoms with Crippen molar-refractivity contribution in [3.63, 3.8) is 0 Å². The summed E-state index contributed by atoms with van der Waals surface area (Å²) in [7, 11) is 0. The Morgan fingerprint density at radius 2 is 1.97 bits per heavy atom. The maximum Gasteiger partial charge on any atom is 0.343 e. The number of thioether (sulfide) groups is 1. The lowest BCUT2D eigenvalue weighted by Gasteiger charge is -2.18. The predicted octanol–water partition coefficient (Wildman–Crippen LogP) is 4.59. The quantitative estimate of drug-likeness (QED) is 0.221. The molecule has 0 saturated carbocycles. The van der Waals surface area contributed by atoms with Crippen LogP contribution < -0.4 is 4.90 Å². The third-order valence-electron chi connectivity index (χ3n) is 4.65. The number of aromatic nitrogens is 3. The monoisotopic (exact) mass is 468 g/mol. The molecule has 8 nitrogen and oxygen atoms in total. The van der Waals surface area contributed by atoms with E-state index in [0.717, 1.165) is 10.2 Å². The van der Waals surface area contributed by atoms with Crippen LogP contribution in [0, 0.1) is 6.92 Å². The highest BCUT2D eigenvalue weighted by Gasteiger charge is 2.24. The number of aryl methyl sites for hydroxylation is 1. The molecule has 4 aromatic rings. The van der Waals surface area contributed by atoms with E-state index in [1.54, 1.807) is 19.1 Å². The minimum Gasteiger partial charge on any atom is -0.461 e. The van der Waals surface area contributed by atoms with Gasteiger partial charge in [-0.1, -0.05) is 23.5 Å². The van der Waals surface area contributed by atoms with Crippen molar-refractivity contribution in [1.82, 2.24) is 15.0 Å². The highest BCUT2D eigenvalue weighted by Crippen LogP contribution is 2.29. The Kier molecular flexibility index (Phi) is 6.52. The van der Waals surface area contributed by atoms with Gasteiger partial charge < -0.3 is 9.15 Å². The van der Waals surface area contributed by atoms with Crippen LogP contribution in [-0.2, 0) is 9.53 Å². The number of carbonyl (C=O) groups excluding carboxylic acids is 2. The number of amides is 1. The molecule has 0 unspecified atom stereocenters. The van der Waals surface area contributed by atoms with E-state index in [1.807, 2.05) is 37.4 Å². The molecule has 0 bridgehead atoms. The Labute approximate surface area is 192 Å². The second-order valence-electron chi connectivity index (χ2n) is 6.67. The van der Waals surface area contributed by atoms with E-state index in [0.29, 0.717) is 34.0 Å². The zero-order valence-corrected chi connectivity index (χ0v) is 19.3. The molecule has 0 atom stereocenters. The zero-order valence-electron chi connectivity index (χ0n) is 17.7. The normalized spacial score (nSPS) is 11.0. The third-order valence-corrected chi connectivity index (χ3v) is 6.39. The fraction of sp³-hybridized carbons (Fsp3) is 0.227. The number of ether oxygens (including phenoxy) is 1. The number of furan rings is 1. The fourth-order valence-corrected chi connectivity index (χ4v) is 4.78. The van der Waals surface area contributed by atoms with E-state index in [-0.39, 0.29) is 11.5 Å². The van der Waals surface area contributed by atoms with Gasteiger partial charge in [0.1, 0.15) is 10.6 Å². The first-order valence-electron chi connectivity index (χ1n) is 9.81. The first-order valence-corrected chi connectivity index (χ1v) is 11.9. The van der Waals surface area contributed by atoms with Gasteiger partial charge in [-0.3, -0.25) is 9.69 Å². The van der Waals surface area contributed by atoms with Crippen molar-refractivity contribution in [2.75, 3.05) is 24.3 Å². The minimum absolute atomic E-state index is 0.239. The number of rotatable bonds is 7. The van der Waals surface area contributed by atoms with Crippen LogP contribution in [-0.4, -0.2) is 46.2 Å². The molecule has 0 aliphatic rings. The SMILES string of the molecule is CCN(C(=O)COC(=O)c1c(C)nc(-c2ccco2)nc1SC)c1nc2ccccc2s1. The van der Waals surface area contributed by atoms with E-state index < -0.39 is 12.6 Å². The van der Waals surface area contributed by atoms with Gasteiger partial charge in [0.2, 0.25) is 0 Å². The van der Waals surface area contributed by atoms with E-state index in [2.05, 4.69) is 15.0 Å². The summed E-state index contributed by atoms with van der Waals surface area (Å²) in [6.07, 6.45) is 3.34. The Hall–Kier alpha value is -3.24. The van der Waals surface area contributed by atoms with E-state index >= 15 is 0 Å². The Morgan fingerprint density at radius 1 is 1.16 bits per heavy atom. The van der Waals surface area contributed by atoms with E-state index in [9.17, 15) is 9.59 Å². The molecule has 0 radical (unpaired) electrons. The molecule has 0 spiro atoms. The van der Waals surface area contributed by atoms with Crippen molar-refractivity contribution in [3.8, 4) is 11.6 Å². The molecule has 10 heteroatoms. The van der Waals surface area contributed by atoms with Crippen LogP contribution >= 0.6 is 23.1 Å². The second kappa shape index (κ2) is 9.49. The number of benzene rings is 1. The summed E-state index contributed by atoms with van der Waals surface area (Å²) in [6.45, 7) is 3.55. The summed E-state index contributed by atoms with van der Waals surface area (Å²) < 4.78 is 11.7. The molecule has 0 aliphatic heterocycles. The van der Waals surface area contributed by atoms with Gasteiger partial charge in [-0.25, -0.2) is 19.7 Å². The average molecular weight is 469 g/mol. The zero-order chi connectivity index (χ0) is 22.7. The first-order chi connectivity index (χ1) is 15.5. The summed E-state index contributed by atoms with van der Waals surface area (Å²) in [5, 5.41) is 1.03. The van der Waals surface area contributed by atoms with Gasteiger partial charge >= 0.3 is 5.97 Å². The second-order valence-corrected chi connectivity index (χ2v) is 8.48. The van der Waals surface area contributed by atoms with Crippen LogP contribution in [0.2, 0.25) is 0 Å². The number of esters is 1. The molecule has 4 rings (SSSR count). The molecule has 3 heterocycles. The summed E-state index contributed by atoms with van der Waals surface area (Å²) in [4.78, 5) is 40.4. The summed E-state index contributed by atoms with van der Waals surface area (Å²) >= 11 is 2.72. The first kappa shape index (κ1) is 22.0. The maximum atomic E-state index is 12.8. The molecule has 0 fully saturated rings. The Morgan fingerprint density at radius 3 is 2.66 bits per heavy atom. The van der Waals surface area contributed by atoms with Gasteiger partial charge in [0.25, 0.3) is 5.91 Å². The largest absolute Gasteiger partial charge is 0.461 e. The highest BCUT2D eigenvalue weighted by atomic mass is 32.2. The van der Waals surface area contributed by atoms with Crippen molar-refractivity contribution in [3.05, 3.63) is 53.9 Å². The summed E-state index contributed by atoms with van der Waals surface area (Å²) in [5.41, 5.74) is 1.51. The van der Waals surface area contributed by atoms with Crippen molar-refractivity contribution in [2.24, 2.45) is 0 Å². The molecule has 0 N–H and O–H groups in total. The number of nitrogens with zero attached hydrogens (tertiary/aromatic N) is 4. The molecule has 164 valence electrons. The standard InChI is InChI=1S/C22H20N4O4S2/c1-4-26(22-24-14-8-5-6-10-16(14)32-22)17(27)12-30-21(28)18-13(2)23-19(25-20(18)31-3)15-9-7-11-29-15/h5-11H,4,12H2,1-3H3. The van der Waals surface area contributed by atoms with Crippen molar-refractivity contribution in [1.29, 1.82) is 0 Å². The number of hydrogen-bond acceptors (Lipinski definition) is 9. The topological polar surface area (TPSA) is 98.4 Å². The smallest absolute Gasteiger partial charge is 0.343 e. The lowest BCUT2D eigenvalue weighted by molar-refractivity contribution is -0.121. The number of carbonyl (C=O) groups is 2.